The molecule has 0 radical (unpaired) electrons. The molecule has 20 heavy (non-hydrogen) atoms. The Bertz CT molecular complexity index is 564. The summed E-state index contributed by atoms with van der Waals surface area (Å²) < 4.78 is 8.49. The van der Waals surface area contributed by atoms with Crippen molar-refractivity contribution in [3.8, 4) is 0 Å². The molecule has 0 aliphatic carbocycles. The summed E-state index contributed by atoms with van der Waals surface area (Å²) in [7, 11) is 3.55. The van der Waals surface area contributed by atoms with Crippen LogP contribution in [0.15, 0.2) is 6.33 Å². The van der Waals surface area contributed by atoms with E-state index in [4.69, 9.17) is 16.3 Å². The number of methoxy groups -OCH3 is 1. The maximum atomic E-state index is 6.22. The number of nitrogens with zero attached hydrogens (tertiary/aromatic N) is 5. The Hall–Kier alpha value is -1.44. The summed E-state index contributed by atoms with van der Waals surface area (Å²) in [5.74, 6) is 0.746. The van der Waals surface area contributed by atoms with Gasteiger partial charge in [-0.15, -0.1) is 0 Å². The molecule has 2 rings (SSSR count). The molecule has 0 atom stereocenters. The summed E-state index contributed by atoms with van der Waals surface area (Å²) >= 11 is 6.22. The molecular weight excluding hydrogens is 280 g/mol. The number of aryl methyl sites for hydroxylation is 2. The standard InChI is InChI=1S/C12H19ClN6O/c1-9-12(13)10(18(2)16-9)7-19-8-15-11(17-19)6-14-4-5-20-3/h8,14H,4-7H2,1-3H3. The van der Waals surface area contributed by atoms with Gasteiger partial charge in [-0.3, -0.25) is 4.68 Å². The Labute approximate surface area is 122 Å². The van der Waals surface area contributed by atoms with Gasteiger partial charge in [-0.1, -0.05) is 11.6 Å². The highest BCUT2D eigenvalue weighted by Crippen LogP contribution is 2.19. The fourth-order valence-corrected chi connectivity index (χ4v) is 2.09. The van der Waals surface area contributed by atoms with Crippen LogP contribution in [0, 0.1) is 6.92 Å². The Morgan fingerprint density at radius 2 is 2.20 bits per heavy atom. The van der Waals surface area contributed by atoms with Crippen molar-refractivity contribution >= 4 is 11.6 Å². The van der Waals surface area contributed by atoms with E-state index < -0.39 is 0 Å². The van der Waals surface area contributed by atoms with E-state index in [1.807, 2.05) is 14.0 Å². The summed E-state index contributed by atoms with van der Waals surface area (Å²) in [5.41, 5.74) is 1.75. The van der Waals surface area contributed by atoms with Crippen molar-refractivity contribution in [1.29, 1.82) is 0 Å². The minimum absolute atomic E-state index is 0.557. The van der Waals surface area contributed by atoms with Crippen LogP contribution in [0.3, 0.4) is 0 Å². The van der Waals surface area contributed by atoms with E-state index in [1.54, 1.807) is 22.8 Å². The van der Waals surface area contributed by atoms with Crippen LogP contribution >= 0.6 is 11.6 Å². The lowest BCUT2D eigenvalue weighted by Crippen LogP contribution is -2.19. The number of ether oxygens (including phenoxy) is 1. The maximum Gasteiger partial charge on any atom is 0.164 e. The van der Waals surface area contributed by atoms with Crippen LogP contribution in [0.5, 0.6) is 0 Å². The van der Waals surface area contributed by atoms with Crippen molar-refractivity contribution in [3.63, 3.8) is 0 Å². The average molecular weight is 299 g/mol. The van der Waals surface area contributed by atoms with Crippen LogP contribution in [0.2, 0.25) is 5.02 Å². The molecule has 7 nitrogen and oxygen atoms in total. The zero-order chi connectivity index (χ0) is 14.5. The second-order valence-electron chi connectivity index (χ2n) is 4.50. The molecule has 0 aliphatic heterocycles. The summed E-state index contributed by atoms with van der Waals surface area (Å²) in [6.07, 6.45) is 1.70. The molecule has 0 saturated carbocycles. The molecule has 0 aromatic carbocycles. The lowest BCUT2D eigenvalue weighted by molar-refractivity contribution is 0.199. The molecule has 0 unspecified atom stereocenters. The highest BCUT2D eigenvalue weighted by molar-refractivity contribution is 6.31. The van der Waals surface area contributed by atoms with Gasteiger partial charge in [0.25, 0.3) is 0 Å². The predicted molar refractivity (Wildman–Crippen MR) is 75.7 cm³/mol. The van der Waals surface area contributed by atoms with Gasteiger partial charge in [0.1, 0.15) is 6.33 Å². The number of aromatic nitrogens is 5. The van der Waals surface area contributed by atoms with Gasteiger partial charge >= 0.3 is 0 Å². The van der Waals surface area contributed by atoms with Gasteiger partial charge in [-0.2, -0.15) is 10.2 Å². The Kier molecular flexibility index (Phi) is 5.11. The van der Waals surface area contributed by atoms with Gasteiger partial charge in [-0.25, -0.2) is 9.67 Å². The van der Waals surface area contributed by atoms with Gasteiger partial charge in [0.05, 0.1) is 36.1 Å². The van der Waals surface area contributed by atoms with E-state index in [9.17, 15) is 0 Å². The van der Waals surface area contributed by atoms with Gasteiger partial charge in [0.2, 0.25) is 0 Å². The summed E-state index contributed by atoms with van der Waals surface area (Å²) in [4.78, 5) is 4.25. The number of hydrogen-bond donors (Lipinski definition) is 1. The zero-order valence-corrected chi connectivity index (χ0v) is 12.7. The third-order valence-electron chi connectivity index (χ3n) is 2.92. The Morgan fingerprint density at radius 1 is 1.40 bits per heavy atom. The van der Waals surface area contributed by atoms with Crippen molar-refractivity contribution in [2.24, 2.45) is 7.05 Å². The lowest BCUT2D eigenvalue weighted by Gasteiger charge is -2.02. The van der Waals surface area contributed by atoms with Crippen LogP contribution in [0.25, 0.3) is 0 Å². The fraction of sp³-hybridized carbons (Fsp3) is 0.583. The molecule has 0 saturated heterocycles. The topological polar surface area (TPSA) is 69.8 Å². The summed E-state index contributed by atoms with van der Waals surface area (Å²) in [5, 5.41) is 12.6. The smallest absolute Gasteiger partial charge is 0.164 e. The van der Waals surface area contributed by atoms with Crippen LogP contribution in [-0.4, -0.2) is 44.8 Å². The second kappa shape index (κ2) is 6.83. The van der Waals surface area contributed by atoms with Crippen LogP contribution in [0.1, 0.15) is 17.2 Å². The molecule has 2 aromatic heterocycles. The van der Waals surface area contributed by atoms with E-state index >= 15 is 0 Å². The van der Waals surface area contributed by atoms with Gasteiger partial charge in [-0.05, 0) is 6.92 Å². The quantitative estimate of drug-likeness (QED) is 0.764. The molecule has 110 valence electrons. The fourth-order valence-electron chi connectivity index (χ4n) is 1.87. The van der Waals surface area contributed by atoms with E-state index in [1.165, 1.54) is 0 Å². The van der Waals surface area contributed by atoms with Crippen molar-refractivity contribution in [1.82, 2.24) is 29.9 Å². The van der Waals surface area contributed by atoms with Crippen molar-refractivity contribution < 1.29 is 4.74 Å². The van der Waals surface area contributed by atoms with Crippen LogP contribution in [-0.2, 0) is 24.9 Å². The number of halogens is 1. The molecule has 2 heterocycles. The number of nitrogens with one attached hydrogen (secondary N) is 1. The third kappa shape index (κ3) is 3.56. The lowest BCUT2D eigenvalue weighted by atomic mass is 10.3. The first kappa shape index (κ1) is 15.0. The molecule has 0 bridgehead atoms. The predicted octanol–water partition coefficient (Wildman–Crippen LogP) is 0.758. The van der Waals surface area contributed by atoms with Crippen LogP contribution < -0.4 is 5.32 Å². The third-order valence-corrected chi connectivity index (χ3v) is 3.42. The minimum atomic E-state index is 0.557. The Balaban J connectivity index is 1.95. The van der Waals surface area contributed by atoms with E-state index in [2.05, 4.69) is 20.5 Å². The largest absolute Gasteiger partial charge is 0.383 e. The molecule has 0 amide bonds. The van der Waals surface area contributed by atoms with Gasteiger partial charge in [0.15, 0.2) is 5.82 Å². The monoisotopic (exact) mass is 298 g/mol. The van der Waals surface area contributed by atoms with E-state index in [-0.39, 0.29) is 0 Å². The first-order valence-corrected chi connectivity index (χ1v) is 6.75. The molecule has 2 aromatic rings. The van der Waals surface area contributed by atoms with Crippen molar-refractivity contribution in [3.05, 3.63) is 28.6 Å². The van der Waals surface area contributed by atoms with E-state index in [0.29, 0.717) is 24.7 Å². The zero-order valence-electron chi connectivity index (χ0n) is 11.9. The highest BCUT2D eigenvalue weighted by Gasteiger charge is 2.12. The maximum absolute atomic E-state index is 6.22. The van der Waals surface area contributed by atoms with Crippen molar-refractivity contribution in [2.45, 2.75) is 20.0 Å². The molecule has 0 aliphatic rings. The normalized spacial score (nSPS) is 11.2. The summed E-state index contributed by atoms with van der Waals surface area (Å²) in [6.45, 7) is 4.51. The average Bonchev–Trinajstić information content (AvgIpc) is 2.96. The number of rotatable bonds is 7. The molecule has 0 fully saturated rings. The first-order valence-electron chi connectivity index (χ1n) is 6.37. The minimum Gasteiger partial charge on any atom is -0.383 e. The van der Waals surface area contributed by atoms with E-state index in [0.717, 1.165) is 23.8 Å². The molecular formula is C12H19ClN6O. The first-order chi connectivity index (χ1) is 9.61. The van der Waals surface area contributed by atoms with Gasteiger partial charge < -0.3 is 10.1 Å². The second-order valence-corrected chi connectivity index (χ2v) is 4.88. The Morgan fingerprint density at radius 3 is 2.85 bits per heavy atom. The van der Waals surface area contributed by atoms with Gasteiger partial charge in [0, 0.05) is 20.7 Å². The number of hydrogen-bond acceptors (Lipinski definition) is 5. The highest BCUT2D eigenvalue weighted by atomic mass is 35.5. The van der Waals surface area contributed by atoms with Crippen molar-refractivity contribution in [2.75, 3.05) is 20.3 Å². The summed E-state index contributed by atoms with van der Waals surface area (Å²) in [6, 6.07) is 0. The van der Waals surface area contributed by atoms with Crippen LogP contribution in [0.4, 0.5) is 0 Å². The molecule has 1 N–H and O–H groups in total. The molecule has 8 heteroatoms. The molecule has 0 spiro atoms. The SMILES string of the molecule is COCCNCc1ncn(Cc2c(Cl)c(C)nn2C)n1.